The van der Waals surface area contributed by atoms with E-state index in [4.69, 9.17) is 5.11 Å². The van der Waals surface area contributed by atoms with E-state index in [-0.39, 0.29) is 6.04 Å². The second-order valence-corrected chi connectivity index (χ2v) is 5.94. The van der Waals surface area contributed by atoms with Gasteiger partial charge < -0.3 is 10.4 Å². The maximum atomic E-state index is 10.6. The molecule has 2 N–H and O–H groups in total. The van der Waals surface area contributed by atoms with Crippen LogP contribution in [-0.2, 0) is 0 Å². The summed E-state index contributed by atoms with van der Waals surface area (Å²) in [7, 11) is 0. The number of carboxylic acid groups (broad SMARTS) is 1. The summed E-state index contributed by atoms with van der Waals surface area (Å²) in [5.74, 6) is 1.74. The smallest absolute Gasteiger partial charge is 0.404 e. The number of hydrogen-bond donors (Lipinski definition) is 2. The minimum Gasteiger partial charge on any atom is -0.465 e. The van der Waals surface area contributed by atoms with Gasteiger partial charge in [0.15, 0.2) is 0 Å². The fourth-order valence-corrected chi connectivity index (χ4v) is 2.53. The van der Waals surface area contributed by atoms with Crippen molar-refractivity contribution >= 4 is 6.09 Å². The molecule has 0 aromatic carbocycles. The van der Waals surface area contributed by atoms with Crippen LogP contribution in [0.3, 0.4) is 0 Å². The van der Waals surface area contributed by atoms with Crippen LogP contribution in [0.15, 0.2) is 0 Å². The molecule has 0 aliphatic heterocycles. The van der Waals surface area contributed by atoms with Gasteiger partial charge in [0.25, 0.3) is 0 Å². The summed E-state index contributed by atoms with van der Waals surface area (Å²) in [6.07, 6.45) is 7.01. The molecule has 0 saturated heterocycles. The Morgan fingerprint density at radius 2 is 1.82 bits per heavy atom. The van der Waals surface area contributed by atoms with Crippen LogP contribution in [0.4, 0.5) is 4.79 Å². The zero-order valence-corrected chi connectivity index (χ0v) is 11.4. The van der Waals surface area contributed by atoms with E-state index in [1.54, 1.807) is 0 Å². The van der Waals surface area contributed by atoms with E-state index in [1.807, 2.05) is 0 Å². The molecule has 3 atom stereocenters. The van der Waals surface area contributed by atoms with Gasteiger partial charge in [0.1, 0.15) is 0 Å². The van der Waals surface area contributed by atoms with Crippen molar-refractivity contribution in [1.82, 2.24) is 5.32 Å². The van der Waals surface area contributed by atoms with Crippen molar-refractivity contribution in [2.24, 2.45) is 17.8 Å². The lowest BCUT2D eigenvalue weighted by molar-refractivity contribution is 0.147. The first-order valence-electron chi connectivity index (χ1n) is 7.00. The van der Waals surface area contributed by atoms with E-state index >= 15 is 0 Å². The lowest BCUT2D eigenvalue weighted by atomic mass is 9.74. The summed E-state index contributed by atoms with van der Waals surface area (Å²) in [6.45, 7) is 6.56. The minimum atomic E-state index is -0.880. The maximum Gasteiger partial charge on any atom is 0.404 e. The molecule has 100 valence electrons. The molecule has 3 heteroatoms. The van der Waals surface area contributed by atoms with Crippen LogP contribution < -0.4 is 5.32 Å². The molecule has 2 rings (SSSR count). The SMILES string of the molecule is C1CC1.CC(C)[C@H]1CC[C@@H](C)C[C@H]1NC(=O)O. The first-order chi connectivity index (χ1) is 8.00. The molecule has 0 aromatic rings. The molecule has 0 heterocycles. The Hall–Kier alpha value is -0.730. The zero-order chi connectivity index (χ0) is 12.8. The Balaban J connectivity index is 0.000000415. The molecule has 1 amide bonds. The number of rotatable bonds is 2. The predicted octanol–water partition coefficient (Wildman–Crippen LogP) is 3.89. The summed E-state index contributed by atoms with van der Waals surface area (Å²) in [5, 5.41) is 11.4. The monoisotopic (exact) mass is 241 g/mol. The highest BCUT2D eigenvalue weighted by atomic mass is 16.4. The van der Waals surface area contributed by atoms with Gasteiger partial charge >= 0.3 is 6.09 Å². The van der Waals surface area contributed by atoms with E-state index in [2.05, 4.69) is 26.1 Å². The van der Waals surface area contributed by atoms with Crippen molar-refractivity contribution < 1.29 is 9.90 Å². The molecule has 0 bridgehead atoms. The maximum absolute atomic E-state index is 10.6. The van der Waals surface area contributed by atoms with E-state index in [9.17, 15) is 4.79 Å². The minimum absolute atomic E-state index is 0.163. The third-order valence-electron chi connectivity index (χ3n) is 3.68. The zero-order valence-electron chi connectivity index (χ0n) is 11.4. The van der Waals surface area contributed by atoms with Gasteiger partial charge in [-0.2, -0.15) is 0 Å². The van der Waals surface area contributed by atoms with Crippen LogP contribution in [0.25, 0.3) is 0 Å². The highest BCUT2D eigenvalue weighted by molar-refractivity contribution is 5.64. The van der Waals surface area contributed by atoms with Gasteiger partial charge in [-0.15, -0.1) is 0 Å². The molecule has 0 unspecified atom stereocenters. The van der Waals surface area contributed by atoms with E-state index in [0.29, 0.717) is 17.8 Å². The van der Waals surface area contributed by atoms with Gasteiger partial charge in [-0.05, 0) is 30.6 Å². The Labute approximate surface area is 105 Å². The molecule has 3 nitrogen and oxygen atoms in total. The fraction of sp³-hybridized carbons (Fsp3) is 0.929. The largest absolute Gasteiger partial charge is 0.465 e. The van der Waals surface area contributed by atoms with Crippen LogP contribution in [0.5, 0.6) is 0 Å². The second-order valence-electron chi connectivity index (χ2n) is 5.94. The predicted molar refractivity (Wildman–Crippen MR) is 70.1 cm³/mol. The third-order valence-corrected chi connectivity index (χ3v) is 3.68. The standard InChI is InChI=1S/C11H21NO2.C3H6/c1-7(2)9-5-4-8(3)6-10(9)12-11(13)14;1-2-3-1/h7-10,12H,4-6H2,1-3H3,(H,13,14);1-3H2/t8-,9-,10-;/m1./s1. The van der Waals surface area contributed by atoms with E-state index in [1.165, 1.54) is 25.7 Å². The molecule has 0 radical (unpaired) electrons. The average molecular weight is 241 g/mol. The Bertz CT molecular complexity index is 236. The number of nitrogens with one attached hydrogen (secondary N) is 1. The highest BCUT2D eigenvalue weighted by Crippen LogP contribution is 2.33. The molecule has 17 heavy (non-hydrogen) atoms. The van der Waals surface area contributed by atoms with Crippen LogP contribution in [-0.4, -0.2) is 17.2 Å². The van der Waals surface area contributed by atoms with E-state index in [0.717, 1.165) is 12.8 Å². The van der Waals surface area contributed by atoms with Crippen LogP contribution in [0.1, 0.15) is 59.3 Å². The Kier molecular flexibility index (Phi) is 5.79. The van der Waals surface area contributed by atoms with Crippen molar-refractivity contribution in [2.45, 2.75) is 65.3 Å². The fourth-order valence-electron chi connectivity index (χ4n) is 2.53. The number of hydrogen-bond acceptors (Lipinski definition) is 1. The molecule has 0 spiro atoms. The van der Waals surface area contributed by atoms with Crippen LogP contribution >= 0.6 is 0 Å². The number of amides is 1. The van der Waals surface area contributed by atoms with Crippen LogP contribution in [0, 0.1) is 17.8 Å². The third kappa shape index (κ3) is 5.94. The normalized spacial score (nSPS) is 31.4. The molecule has 2 saturated carbocycles. The highest BCUT2D eigenvalue weighted by Gasteiger charge is 2.31. The molecule has 2 aliphatic carbocycles. The average Bonchev–Trinajstić information content (AvgIpc) is 3.02. The Morgan fingerprint density at radius 1 is 1.24 bits per heavy atom. The first kappa shape index (κ1) is 14.3. The summed E-state index contributed by atoms with van der Waals surface area (Å²) in [5.41, 5.74) is 0. The second kappa shape index (κ2) is 6.87. The van der Waals surface area contributed by atoms with Gasteiger partial charge in [-0.3, -0.25) is 0 Å². The van der Waals surface area contributed by atoms with Gasteiger partial charge in [0, 0.05) is 6.04 Å². The molecule has 0 aromatic heterocycles. The molecule has 2 aliphatic rings. The summed E-state index contributed by atoms with van der Waals surface area (Å²) in [4.78, 5) is 10.6. The molecular weight excluding hydrogens is 214 g/mol. The molecular formula is C14H27NO2. The van der Waals surface area contributed by atoms with Crippen molar-refractivity contribution in [1.29, 1.82) is 0 Å². The van der Waals surface area contributed by atoms with Crippen molar-refractivity contribution in [3.05, 3.63) is 0 Å². The van der Waals surface area contributed by atoms with E-state index < -0.39 is 6.09 Å². The molecule has 2 fully saturated rings. The van der Waals surface area contributed by atoms with Crippen molar-refractivity contribution in [2.75, 3.05) is 0 Å². The Morgan fingerprint density at radius 3 is 2.24 bits per heavy atom. The number of carbonyl (C=O) groups is 1. The lowest BCUT2D eigenvalue weighted by Crippen LogP contribution is -2.45. The van der Waals surface area contributed by atoms with Gasteiger partial charge in [0.05, 0.1) is 0 Å². The summed E-state index contributed by atoms with van der Waals surface area (Å²) < 4.78 is 0. The topological polar surface area (TPSA) is 49.3 Å². The first-order valence-corrected chi connectivity index (χ1v) is 7.00. The quantitative estimate of drug-likeness (QED) is 0.770. The van der Waals surface area contributed by atoms with Crippen LogP contribution in [0.2, 0.25) is 0 Å². The lowest BCUT2D eigenvalue weighted by Gasteiger charge is -2.37. The van der Waals surface area contributed by atoms with Crippen molar-refractivity contribution in [3.63, 3.8) is 0 Å². The summed E-state index contributed by atoms with van der Waals surface area (Å²) in [6, 6.07) is 0.163. The van der Waals surface area contributed by atoms with Gasteiger partial charge in [-0.25, -0.2) is 4.79 Å². The van der Waals surface area contributed by atoms with Crippen molar-refractivity contribution in [3.8, 4) is 0 Å². The van der Waals surface area contributed by atoms with Gasteiger partial charge in [-0.1, -0.05) is 46.5 Å². The summed E-state index contributed by atoms with van der Waals surface area (Å²) >= 11 is 0. The van der Waals surface area contributed by atoms with Gasteiger partial charge in [0.2, 0.25) is 0 Å².